The first-order valence-electron chi connectivity index (χ1n) is 6.39. The van der Waals surface area contributed by atoms with E-state index in [1.807, 2.05) is 4.57 Å². The maximum absolute atomic E-state index is 13.4. The van der Waals surface area contributed by atoms with E-state index < -0.39 is 5.82 Å². The van der Waals surface area contributed by atoms with Crippen LogP contribution in [0.25, 0.3) is 0 Å². The van der Waals surface area contributed by atoms with Crippen LogP contribution < -0.4 is 11.1 Å². The van der Waals surface area contributed by atoms with Crippen molar-refractivity contribution in [2.75, 3.05) is 11.1 Å². The standard InChI is InChI=1S/C14H12Cl2FN3O/c15-10-4-8(5-11(16)13(10)17)19-14(21)12-3-7(18)6-20(12)9-1-2-9/h3-6,9H,1-2,18H2,(H,19,21). The quantitative estimate of drug-likeness (QED) is 0.833. The van der Waals surface area contributed by atoms with Gasteiger partial charge in [0.25, 0.3) is 5.91 Å². The maximum atomic E-state index is 13.4. The zero-order chi connectivity index (χ0) is 15.1. The first-order valence-corrected chi connectivity index (χ1v) is 7.14. The highest BCUT2D eigenvalue weighted by Gasteiger charge is 2.27. The normalized spacial score (nSPS) is 14.2. The molecule has 3 N–H and O–H groups in total. The summed E-state index contributed by atoms with van der Waals surface area (Å²) >= 11 is 11.4. The minimum Gasteiger partial charge on any atom is -0.397 e. The number of anilines is 2. The second-order valence-corrected chi connectivity index (χ2v) is 5.82. The molecule has 1 amide bonds. The number of nitrogens with two attached hydrogens (primary N) is 1. The van der Waals surface area contributed by atoms with Gasteiger partial charge in [-0.1, -0.05) is 23.2 Å². The van der Waals surface area contributed by atoms with Gasteiger partial charge in [-0.15, -0.1) is 0 Å². The molecular formula is C14H12Cl2FN3O. The van der Waals surface area contributed by atoms with Crippen LogP contribution in [-0.4, -0.2) is 10.5 Å². The number of nitrogens with zero attached hydrogens (tertiary/aromatic N) is 1. The molecule has 0 bridgehead atoms. The number of nitrogen functional groups attached to an aromatic ring is 1. The molecule has 1 fully saturated rings. The lowest BCUT2D eigenvalue weighted by Crippen LogP contribution is -2.16. The minimum atomic E-state index is -0.707. The predicted molar refractivity (Wildman–Crippen MR) is 81.5 cm³/mol. The average molecular weight is 328 g/mol. The van der Waals surface area contributed by atoms with E-state index >= 15 is 0 Å². The first-order chi connectivity index (χ1) is 9.95. The summed E-state index contributed by atoms with van der Waals surface area (Å²) in [5, 5.41) is 2.37. The zero-order valence-electron chi connectivity index (χ0n) is 10.9. The molecule has 1 heterocycles. The fourth-order valence-corrected chi connectivity index (χ4v) is 2.65. The van der Waals surface area contributed by atoms with Crippen molar-refractivity contribution in [1.82, 2.24) is 4.57 Å². The van der Waals surface area contributed by atoms with Crippen molar-refractivity contribution < 1.29 is 9.18 Å². The summed E-state index contributed by atoms with van der Waals surface area (Å²) in [6.45, 7) is 0. The van der Waals surface area contributed by atoms with Crippen molar-refractivity contribution in [3.05, 3.63) is 46.0 Å². The molecule has 4 nitrogen and oxygen atoms in total. The van der Waals surface area contributed by atoms with Gasteiger partial charge in [-0.05, 0) is 31.0 Å². The number of hydrogen-bond donors (Lipinski definition) is 2. The average Bonchev–Trinajstić information content (AvgIpc) is 3.18. The molecule has 0 unspecified atom stereocenters. The Morgan fingerprint density at radius 3 is 2.48 bits per heavy atom. The highest BCUT2D eigenvalue weighted by Crippen LogP contribution is 2.37. The van der Waals surface area contributed by atoms with Gasteiger partial charge < -0.3 is 15.6 Å². The second-order valence-electron chi connectivity index (χ2n) is 5.01. The van der Waals surface area contributed by atoms with Gasteiger partial charge in [-0.25, -0.2) is 4.39 Å². The van der Waals surface area contributed by atoms with E-state index in [1.165, 1.54) is 12.1 Å². The van der Waals surface area contributed by atoms with E-state index in [2.05, 4.69) is 5.32 Å². The summed E-state index contributed by atoms with van der Waals surface area (Å²) in [4.78, 5) is 12.3. The summed E-state index contributed by atoms with van der Waals surface area (Å²) in [7, 11) is 0. The number of carbonyl (C=O) groups is 1. The van der Waals surface area contributed by atoms with E-state index in [4.69, 9.17) is 28.9 Å². The molecule has 1 aliphatic rings. The van der Waals surface area contributed by atoms with E-state index in [9.17, 15) is 9.18 Å². The maximum Gasteiger partial charge on any atom is 0.272 e. The van der Waals surface area contributed by atoms with Crippen LogP contribution >= 0.6 is 23.2 Å². The highest BCUT2D eigenvalue weighted by atomic mass is 35.5. The largest absolute Gasteiger partial charge is 0.397 e. The SMILES string of the molecule is Nc1cc(C(=O)Nc2cc(Cl)c(F)c(Cl)c2)n(C2CC2)c1. The monoisotopic (exact) mass is 327 g/mol. The lowest BCUT2D eigenvalue weighted by Gasteiger charge is -2.09. The Morgan fingerprint density at radius 2 is 1.90 bits per heavy atom. The Labute approximate surface area is 130 Å². The van der Waals surface area contributed by atoms with Crippen LogP contribution in [0.1, 0.15) is 29.4 Å². The van der Waals surface area contributed by atoms with E-state index in [-0.39, 0.29) is 16.0 Å². The molecule has 1 aromatic heterocycles. The number of aromatic nitrogens is 1. The molecule has 21 heavy (non-hydrogen) atoms. The smallest absolute Gasteiger partial charge is 0.272 e. The number of halogens is 3. The Balaban J connectivity index is 1.87. The van der Waals surface area contributed by atoms with Crippen molar-refractivity contribution in [3.63, 3.8) is 0 Å². The van der Waals surface area contributed by atoms with Gasteiger partial charge in [0.1, 0.15) is 5.69 Å². The molecule has 1 saturated carbocycles. The minimum absolute atomic E-state index is 0.144. The van der Waals surface area contributed by atoms with Crippen molar-refractivity contribution in [2.45, 2.75) is 18.9 Å². The predicted octanol–water partition coefficient (Wildman–Crippen LogP) is 4.10. The Hall–Kier alpha value is -1.72. The van der Waals surface area contributed by atoms with E-state index in [1.54, 1.807) is 12.3 Å². The molecule has 1 aliphatic carbocycles. The summed E-state index contributed by atoms with van der Waals surface area (Å²) in [5.41, 5.74) is 7.08. The van der Waals surface area contributed by atoms with Crippen molar-refractivity contribution in [2.24, 2.45) is 0 Å². The van der Waals surface area contributed by atoms with Crippen LogP contribution in [-0.2, 0) is 0 Å². The van der Waals surface area contributed by atoms with Gasteiger partial charge in [0, 0.05) is 17.9 Å². The molecule has 0 saturated heterocycles. The molecule has 3 rings (SSSR count). The topological polar surface area (TPSA) is 60.1 Å². The molecule has 0 spiro atoms. The number of nitrogens with one attached hydrogen (secondary N) is 1. The number of benzene rings is 1. The third kappa shape index (κ3) is 2.84. The molecule has 110 valence electrons. The van der Waals surface area contributed by atoms with Gasteiger partial charge in [0.15, 0.2) is 5.82 Å². The van der Waals surface area contributed by atoms with E-state index in [0.29, 0.717) is 23.1 Å². The summed E-state index contributed by atoms with van der Waals surface area (Å²) in [6.07, 6.45) is 3.81. The Bertz CT molecular complexity index is 702. The van der Waals surface area contributed by atoms with Crippen LogP contribution in [0.3, 0.4) is 0 Å². The molecule has 0 radical (unpaired) electrons. The number of amides is 1. The third-order valence-electron chi connectivity index (χ3n) is 3.28. The molecule has 1 aromatic carbocycles. The number of carbonyl (C=O) groups excluding carboxylic acids is 1. The first kappa shape index (κ1) is 14.2. The van der Waals surface area contributed by atoms with Crippen molar-refractivity contribution in [1.29, 1.82) is 0 Å². The van der Waals surface area contributed by atoms with Crippen LogP contribution in [0.5, 0.6) is 0 Å². The van der Waals surface area contributed by atoms with Crippen molar-refractivity contribution in [3.8, 4) is 0 Å². The molecule has 0 aliphatic heterocycles. The lowest BCUT2D eigenvalue weighted by atomic mass is 10.3. The molecule has 0 atom stereocenters. The molecule has 2 aromatic rings. The van der Waals surface area contributed by atoms with E-state index in [0.717, 1.165) is 12.8 Å². The lowest BCUT2D eigenvalue weighted by molar-refractivity contribution is 0.101. The van der Waals surface area contributed by atoms with Gasteiger partial charge >= 0.3 is 0 Å². The second kappa shape index (κ2) is 5.24. The highest BCUT2D eigenvalue weighted by molar-refractivity contribution is 6.35. The van der Waals surface area contributed by atoms with Gasteiger partial charge in [0.2, 0.25) is 0 Å². The number of rotatable bonds is 3. The fraction of sp³-hybridized carbons (Fsp3) is 0.214. The zero-order valence-corrected chi connectivity index (χ0v) is 12.4. The summed E-state index contributed by atoms with van der Waals surface area (Å²) in [5.74, 6) is -1.04. The van der Waals surface area contributed by atoms with Crippen LogP contribution in [0.4, 0.5) is 15.8 Å². The molecular weight excluding hydrogens is 316 g/mol. The third-order valence-corrected chi connectivity index (χ3v) is 3.83. The van der Waals surface area contributed by atoms with Crippen LogP contribution in [0.15, 0.2) is 24.4 Å². The fourth-order valence-electron chi connectivity index (χ4n) is 2.16. The van der Waals surface area contributed by atoms with Crippen molar-refractivity contribution >= 4 is 40.5 Å². The van der Waals surface area contributed by atoms with Gasteiger partial charge in [-0.2, -0.15) is 0 Å². The van der Waals surface area contributed by atoms with Crippen LogP contribution in [0.2, 0.25) is 10.0 Å². The Kier molecular flexibility index (Phi) is 3.55. The Morgan fingerprint density at radius 1 is 1.29 bits per heavy atom. The van der Waals surface area contributed by atoms with Crippen LogP contribution in [0, 0.1) is 5.82 Å². The molecule has 7 heteroatoms. The number of hydrogen-bond acceptors (Lipinski definition) is 2. The summed E-state index contributed by atoms with van der Waals surface area (Å²) < 4.78 is 15.2. The van der Waals surface area contributed by atoms with Gasteiger partial charge in [-0.3, -0.25) is 4.79 Å². The van der Waals surface area contributed by atoms with Gasteiger partial charge in [0.05, 0.1) is 15.7 Å². The summed E-state index contributed by atoms with van der Waals surface area (Å²) in [6, 6.07) is 4.56.